The van der Waals surface area contributed by atoms with Gasteiger partial charge in [-0.05, 0) is 24.6 Å². The van der Waals surface area contributed by atoms with Gasteiger partial charge in [-0.2, -0.15) is 0 Å². The number of fused-ring (bicyclic) bond motifs is 3. The van der Waals surface area contributed by atoms with Gasteiger partial charge in [-0.15, -0.1) is 0 Å². The summed E-state index contributed by atoms with van der Waals surface area (Å²) in [7, 11) is 0. The van der Waals surface area contributed by atoms with Gasteiger partial charge in [0, 0.05) is 45.9 Å². The first-order valence-electron chi connectivity index (χ1n) is 7.10. The minimum atomic E-state index is -0.356. The molecule has 4 rings (SSSR count). The number of aryl methyl sites for hydroxylation is 1. The molecule has 2 aromatic carbocycles. The number of aromatic amines is 1. The second-order valence-corrected chi connectivity index (χ2v) is 5.40. The van der Waals surface area contributed by atoms with Crippen molar-refractivity contribution in [3.63, 3.8) is 0 Å². The molecule has 6 heteroatoms. The lowest BCUT2D eigenvalue weighted by atomic mass is 9.99. The number of hydrogen-bond donors (Lipinski definition) is 1. The molecule has 0 amide bonds. The van der Waals surface area contributed by atoms with Crippen molar-refractivity contribution in [1.29, 1.82) is 0 Å². The molecule has 1 N–H and O–H groups in total. The number of rotatable bonds is 2. The van der Waals surface area contributed by atoms with Crippen molar-refractivity contribution in [3.8, 4) is 11.1 Å². The van der Waals surface area contributed by atoms with Crippen LogP contribution in [0, 0.1) is 17.0 Å². The number of H-pyrrole nitrogens is 1. The third kappa shape index (κ3) is 2.03. The Morgan fingerprint density at radius 2 is 2.04 bits per heavy atom. The van der Waals surface area contributed by atoms with Crippen molar-refractivity contribution >= 4 is 27.5 Å². The van der Waals surface area contributed by atoms with Crippen molar-refractivity contribution in [2.45, 2.75) is 6.92 Å². The largest absolute Gasteiger partial charge is 0.346 e. The van der Waals surface area contributed by atoms with Crippen molar-refractivity contribution in [1.82, 2.24) is 15.0 Å². The molecule has 2 heterocycles. The van der Waals surface area contributed by atoms with Crippen molar-refractivity contribution in [2.24, 2.45) is 0 Å². The van der Waals surface area contributed by atoms with Crippen LogP contribution in [0.15, 0.2) is 49.1 Å². The van der Waals surface area contributed by atoms with Gasteiger partial charge >= 0.3 is 0 Å². The summed E-state index contributed by atoms with van der Waals surface area (Å²) in [6, 6.07) is 9.15. The zero-order valence-corrected chi connectivity index (χ0v) is 12.3. The number of benzene rings is 2. The molecule has 0 radical (unpaired) electrons. The third-order valence-corrected chi connectivity index (χ3v) is 4.04. The number of nitro groups is 1. The molecule has 0 saturated heterocycles. The summed E-state index contributed by atoms with van der Waals surface area (Å²) < 4.78 is 0. The maximum absolute atomic E-state index is 11.2. The SMILES string of the molecule is Cc1ccc(-c2cc3[nH]cncc3c3ccnc23)cc1[N+](=O)[O-]. The number of aromatic nitrogens is 3. The Labute approximate surface area is 131 Å². The highest BCUT2D eigenvalue weighted by Crippen LogP contribution is 2.35. The Bertz CT molecular complexity index is 1070. The molecule has 0 fully saturated rings. The predicted octanol–water partition coefficient (Wildman–Crippen LogP) is 3.99. The number of nitrogens with zero attached hydrogens (tertiary/aromatic N) is 3. The fourth-order valence-corrected chi connectivity index (χ4v) is 2.87. The van der Waals surface area contributed by atoms with E-state index in [9.17, 15) is 10.1 Å². The fraction of sp³-hybridized carbons (Fsp3) is 0.0588. The van der Waals surface area contributed by atoms with E-state index in [0.717, 1.165) is 32.9 Å². The lowest BCUT2D eigenvalue weighted by molar-refractivity contribution is -0.385. The van der Waals surface area contributed by atoms with Gasteiger partial charge < -0.3 is 4.98 Å². The van der Waals surface area contributed by atoms with Crippen LogP contribution in [0.1, 0.15) is 5.56 Å². The summed E-state index contributed by atoms with van der Waals surface area (Å²) >= 11 is 0. The molecule has 0 aliphatic carbocycles. The highest BCUT2D eigenvalue weighted by molar-refractivity contribution is 6.11. The van der Waals surface area contributed by atoms with Crippen LogP contribution in [0.2, 0.25) is 0 Å². The number of hydrogen-bond acceptors (Lipinski definition) is 4. The molecule has 0 aliphatic rings. The summed E-state index contributed by atoms with van der Waals surface area (Å²) in [5, 5.41) is 13.2. The number of nitro benzene ring substituents is 1. The van der Waals surface area contributed by atoms with Crippen LogP contribution in [0.25, 0.3) is 32.9 Å². The Balaban J connectivity index is 2.06. The first-order chi connectivity index (χ1) is 11.1. The fourth-order valence-electron chi connectivity index (χ4n) is 2.87. The predicted molar refractivity (Wildman–Crippen MR) is 88.2 cm³/mol. The van der Waals surface area contributed by atoms with Crippen LogP contribution >= 0.6 is 0 Å². The Kier molecular flexibility index (Phi) is 2.84. The van der Waals surface area contributed by atoms with Crippen LogP contribution in [-0.2, 0) is 0 Å². The van der Waals surface area contributed by atoms with Gasteiger partial charge in [-0.1, -0.05) is 12.1 Å². The molecule has 2 aromatic heterocycles. The van der Waals surface area contributed by atoms with E-state index in [1.807, 2.05) is 18.2 Å². The Morgan fingerprint density at radius 3 is 2.87 bits per heavy atom. The van der Waals surface area contributed by atoms with Gasteiger partial charge in [-0.3, -0.25) is 15.1 Å². The summed E-state index contributed by atoms with van der Waals surface area (Å²) in [4.78, 5) is 22.5. The molecule has 0 saturated carbocycles. The van der Waals surface area contributed by atoms with Crippen molar-refractivity contribution < 1.29 is 4.92 Å². The van der Waals surface area contributed by atoms with Crippen LogP contribution in [-0.4, -0.2) is 19.9 Å². The van der Waals surface area contributed by atoms with E-state index in [0.29, 0.717) is 5.56 Å². The lowest BCUT2D eigenvalue weighted by Crippen LogP contribution is -1.93. The molecule has 4 aromatic rings. The quantitative estimate of drug-likeness (QED) is 0.448. The van der Waals surface area contributed by atoms with Gasteiger partial charge in [0.05, 0.1) is 16.8 Å². The van der Waals surface area contributed by atoms with Gasteiger partial charge in [0.25, 0.3) is 5.69 Å². The van der Waals surface area contributed by atoms with Crippen LogP contribution in [0.5, 0.6) is 0 Å². The van der Waals surface area contributed by atoms with Crippen molar-refractivity contribution in [3.05, 3.63) is 64.7 Å². The van der Waals surface area contributed by atoms with E-state index >= 15 is 0 Å². The van der Waals surface area contributed by atoms with Crippen LogP contribution in [0.3, 0.4) is 0 Å². The number of nitrogens with one attached hydrogen (secondary N) is 1. The molecular weight excluding hydrogens is 292 g/mol. The maximum Gasteiger partial charge on any atom is 0.272 e. The third-order valence-electron chi connectivity index (χ3n) is 4.04. The molecule has 0 bridgehead atoms. The standard InChI is InChI=1S/C17H12N4O2/c1-10-2-3-11(6-16(10)21(22)23)13-7-15-14(8-18-9-20-15)12-4-5-19-17(12)13/h2-9H,1H3,(H,18,20). The zero-order valence-electron chi connectivity index (χ0n) is 12.3. The van der Waals surface area contributed by atoms with E-state index in [2.05, 4.69) is 15.0 Å². The molecule has 0 atom stereocenters. The first-order valence-corrected chi connectivity index (χ1v) is 7.10. The van der Waals surface area contributed by atoms with Gasteiger partial charge in [0.15, 0.2) is 0 Å². The van der Waals surface area contributed by atoms with E-state index in [4.69, 9.17) is 0 Å². The highest BCUT2D eigenvalue weighted by Gasteiger charge is 2.15. The lowest BCUT2D eigenvalue weighted by Gasteiger charge is -2.08. The monoisotopic (exact) mass is 304 g/mol. The smallest absolute Gasteiger partial charge is 0.272 e. The highest BCUT2D eigenvalue weighted by atomic mass is 16.6. The molecule has 6 nitrogen and oxygen atoms in total. The van der Waals surface area contributed by atoms with E-state index in [-0.39, 0.29) is 10.6 Å². The molecule has 23 heavy (non-hydrogen) atoms. The second-order valence-electron chi connectivity index (χ2n) is 5.40. The van der Waals surface area contributed by atoms with Crippen LogP contribution in [0.4, 0.5) is 5.69 Å². The van der Waals surface area contributed by atoms with Crippen molar-refractivity contribution in [2.75, 3.05) is 0 Å². The average molecular weight is 304 g/mol. The van der Waals surface area contributed by atoms with Gasteiger partial charge in [0.1, 0.15) is 0 Å². The second kappa shape index (κ2) is 4.88. The molecular formula is C17H12N4O2. The van der Waals surface area contributed by atoms with Gasteiger partial charge in [0.2, 0.25) is 0 Å². The molecule has 112 valence electrons. The Hall–Kier alpha value is -3.28. The molecule has 0 aliphatic heterocycles. The zero-order chi connectivity index (χ0) is 16.0. The maximum atomic E-state index is 11.2. The minimum Gasteiger partial charge on any atom is -0.346 e. The summed E-state index contributed by atoms with van der Waals surface area (Å²) in [6.45, 7) is 1.73. The Morgan fingerprint density at radius 1 is 1.17 bits per heavy atom. The summed E-state index contributed by atoms with van der Waals surface area (Å²) in [5.74, 6) is 0. The summed E-state index contributed by atoms with van der Waals surface area (Å²) in [5.41, 5.74) is 4.12. The average Bonchev–Trinajstić information content (AvgIpc) is 3.04. The van der Waals surface area contributed by atoms with E-state index in [1.165, 1.54) is 0 Å². The molecule has 0 spiro atoms. The topological polar surface area (TPSA) is 84.7 Å². The normalized spacial score (nSPS) is 11.2. The van der Waals surface area contributed by atoms with E-state index in [1.54, 1.807) is 37.8 Å². The molecule has 0 unspecified atom stereocenters. The summed E-state index contributed by atoms with van der Waals surface area (Å²) in [6.07, 6.45) is 5.15. The van der Waals surface area contributed by atoms with Crippen LogP contribution < -0.4 is 0 Å². The first kappa shape index (κ1) is 13.4. The van der Waals surface area contributed by atoms with E-state index < -0.39 is 0 Å². The van der Waals surface area contributed by atoms with Gasteiger partial charge in [-0.25, -0.2) is 4.98 Å². The minimum absolute atomic E-state index is 0.112.